The smallest absolute Gasteiger partial charge is 0.128 e. The third kappa shape index (κ3) is 2.17. The van der Waals surface area contributed by atoms with Gasteiger partial charge in [0, 0.05) is 0 Å². The first-order chi connectivity index (χ1) is 9.18. The van der Waals surface area contributed by atoms with Gasteiger partial charge in [-0.1, -0.05) is 12.1 Å². The lowest BCUT2D eigenvalue weighted by Crippen LogP contribution is -2.10. The van der Waals surface area contributed by atoms with E-state index in [1.165, 1.54) is 5.56 Å². The minimum absolute atomic E-state index is 0.103. The van der Waals surface area contributed by atoms with E-state index in [9.17, 15) is 0 Å². The predicted molar refractivity (Wildman–Crippen MR) is 82.1 cm³/mol. The van der Waals surface area contributed by atoms with Gasteiger partial charge in [-0.25, -0.2) is 4.98 Å². The van der Waals surface area contributed by atoms with Crippen molar-refractivity contribution in [1.29, 1.82) is 0 Å². The molecular formula is C15H15ClN2S. The number of hydrogen-bond donors (Lipinski definition) is 0. The maximum Gasteiger partial charge on any atom is 0.128 e. The van der Waals surface area contributed by atoms with Gasteiger partial charge in [-0.2, -0.15) is 11.3 Å². The lowest BCUT2D eigenvalue weighted by atomic mass is 10.1. The van der Waals surface area contributed by atoms with Gasteiger partial charge in [0.25, 0.3) is 0 Å². The zero-order valence-electron chi connectivity index (χ0n) is 10.9. The Bertz CT molecular complexity index is 685. The summed E-state index contributed by atoms with van der Waals surface area (Å²) >= 11 is 8.02. The highest BCUT2D eigenvalue weighted by Gasteiger charge is 2.19. The Hall–Kier alpha value is -1.32. The van der Waals surface area contributed by atoms with Gasteiger partial charge in [0.2, 0.25) is 0 Å². The summed E-state index contributed by atoms with van der Waals surface area (Å²) < 4.78 is 2.25. The van der Waals surface area contributed by atoms with Crippen LogP contribution in [-0.4, -0.2) is 9.55 Å². The summed E-state index contributed by atoms with van der Waals surface area (Å²) in [5.74, 6) is 0.932. The van der Waals surface area contributed by atoms with Crippen LogP contribution < -0.4 is 0 Å². The lowest BCUT2D eigenvalue weighted by Gasteiger charge is -2.17. The largest absolute Gasteiger partial charge is 0.319 e. The molecule has 0 spiro atoms. The SMILES string of the molecule is CC(Cl)c1nc2ccccc2n1C(C)c1ccsc1. The molecule has 0 aliphatic rings. The van der Waals surface area contributed by atoms with Crippen LogP contribution in [0.3, 0.4) is 0 Å². The molecule has 98 valence electrons. The van der Waals surface area contributed by atoms with E-state index in [1.807, 2.05) is 25.1 Å². The number of fused-ring (bicyclic) bond motifs is 1. The van der Waals surface area contributed by atoms with Crippen molar-refractivity contribution in [3.05, 3.63) is 52.5 Å². The lowest BCUT2D eigenvalue weighted by molar-refractivity contribution is 0.620. The van der Waals surface area contributed by atoms with Crippen LogP contribution in [0, 0.1) is 0 Å². The molecule has 0 bridgehead atoms. The first-order valence-electron chi connectivity index (χ1n) is 6.31. The predicted octanol–water partition coefficient (Wildman–Crippen LogP) is 5.01. The zero-order valence-corrected chi connectivity index (χ0v) is 12.4. The Morgan fingerprint density at radius 2 is 2.00 bits per heavy atom. The van der Waals surface area contributed by atoms with E-state index in [2.05, 4.69) is 39.4 Å². The molecule has 0 aliphatic carbocycles. The molecule has 19 heavy (non-hydrogen) atoms. The van der Waals surface area contributed by atoms with Crippen LogP contribution >= 0.6 is 22.9 Å². The second kappa shape index (κ2) is 4.99. The van der Waals surface area contributed by atoms with Crippen molar-refractivity contribution in [2.24, 2.45) is 0 Å². The molecule has 1 aromatic carbocycles. The van der Waals surface area contributed by atoms with Crippen LogP contribution in [-0.2, 0) is 0 Å². The third-order valence-corrected chi connectivity index (χ3v) is 4.29. The third-order valence-electron chi connectivity index (χ3n) is 3.39. The van der Waals surface area contributed by atoms with Crippen molar-refractivity contribution in [3.63, 3.8) is 0 Å². The normalized spacial score (nSPS) is 14.7. The number of nitrogens with zero attached hydrogens (tertiary/aromatic N) is 2. The van der Waals surface area contributed by atoms with E-state index in [0.717, 1.165) is 16.9 Å². The molecule has 0 N–H and O–H groups in total. The van der Waals surface area contributed by atoms with Crippen LogP contribution in [0.25, 0.3) is 11.0 Å². The number of thiophene rings is 1. The summed E-state index contributed by atoms with van der Waals surface area (Å²) in [6.45, 7) is 4.17. The maximum absolute atomic E-state index is 6.30. The molecule has 4 heteroatoms. The number of hydrogen-bond acceptors (Lipinski definition) is 2. The Labute approximate surface area is 121 Å². The summed E-state index contributed by atoms with van der Waals surface area (Å²) in [6, 6.07) is 10.6. The highest BCUT2D eigenvalue weighted by molar-refractivity contribution is 7.07. The van der Waals surface area contributed by atoms with E-state index >= 15 is 0 Å². The van der Waals surface area contributed by atoms with Gasteiger partial charge >= 0.3 is 0 Å². The molecule has 3 rings (SSSR count). The second-order valence-electron chi connectivity index (χ2n) is 4.68. The topological polar surface area (TPSA) is 17.8 Å². The number of benzene rings is 1. The van der Waals surface area contributed by atoms with Gasteiger partial charge < -0.3 is 4.57 Å². The van der Waals surface area contributed by atoms with Crippen molar-refractivity contribution in [2.45, 2.75) is 25.3 Å². The number of halogens is 1. The van der Waals surface area contributed by atoms with Crippen molar-refractivity contribution < 1.29 is 0 Å². The van der Waals surface area contributed by atoms with E-state index in [4.69, 9.17) is 11.6 Å². The quantitative estimate of drug-likeness (QED) is 0.620. The first kappa shape index (κ1) is 12.7. The summed E-state index contributed by atoms with van der Waals surface area (Å²) in [5.41, 5.74) is 3.45. The van der Waals surface area contributed by atoms with Gasteiger partial charge in [0.15, 0.2) is 0 Å². The maximum atomic E-state index is 6.30. The van der Waals surface area contributed by atoms with Crippen LogP contribution in [0.1, 0.15) is 36.7 Å². The highest BCUT2D eigenvalue weighted by atomic mass is 35.5. The van der Waals surface area contributed by atoms with E-state index < -0.39 is 0 Å². The average Bonchev–Trinajstić information content (AvgIpc) is 3.05. The Balaban J connectivity index is 2.23. The Kier molecular flexibility index (Phi) is 3.33. The Morgan fingerprint density at radius 3 is 2.68 bits per heavy atom. The number of para-hydroxylation sites is 2. The van der Waals surface area contributed by atoms with E-state index in [1.54, 1.807) is 11.3 Å². The molecule has 0 fully saturated rings. The van der Waals surface area contributed by atoms with Gasteiger partial charge in [-0.05, 0) is 48.4 Å². The zero-order chi connectivity index (χ0) is 13.4. The standard InChI is InChI=1S/C15H15ClN2S/c1-10(16)15-17-13-5-3-4-6-14(13)18(15)11(2)12-7-8-19-9-12/h3-11H,1-2H3. The molecule has 2 nitrogen and oxygen atoms in total. The second-order valence-corrected chi connectivity index (χ2v) is 6.11. The molecular weight excluding hydrogens is 276 g/mol. The van der Waals surface area contributed by atoms with Crippen molar-refractivity contribution in [2.75, 3.05) is 0 Å². The molecule has 3 aromatic rings. The van der Waals surface area contributed by atoms with Crippen molar-refractivity contribution in [3.8, 4) is 0 Å². The molecule has 2 heterocycles. The number of aromatic nitrogens is 2. The number of imidazole rings is 1. The molecule has 2 atom stereocenters. The molecule has 0 saturated heterocycles. The molecule has 0 aliphatic heterocycles. The van der Waals surface area contributed by atoms with Crippen LogP contribution in [0.15, 0.2) is 41.1 Å². The number of alkyl halides is 1. The molecule has 0 amide bonds. The van der Waals surface area contributed by atoms with Crippen LogP contribution in [0.2, 0.25) is 0 Å². The average molecular weight is 291 g/mol. The molecule has 0 radical (unpaired) electrons. The van der Waals surface area contributed by atoms with E-state index in [0.29, 0.717) is 0 Å². The summed E-state index contributed by atoms with van der Waals surface area (Å²) in [4.78, 5) is 4.68. The Morgan fingerprint density at radius 1 is 1.21 bits per heavy atom. The number of rotatable bonds is 3. The minimum atomic E-state index is -0.103. The monoisotopic (exact) mass is 290 g/mol. The van der Waals surface area contributed by atoms with Crippen molar-refractivity contribution >= 4 is 34.0 Å². The minimum Gasteiger partial charge on any atom is -0.319 e. The van der Waals surface area contributed by atoms with E-state index in [-0.39, 0.29) is 11.4 Å². The van der Waals surface area contributed by atoms with Crippen LogP contribution in [0.4, 0.5) is 0 Å². The molecule has 0 saturated carbocycles. The molecule has 2 unspecified atom stereocenters. The fourth-order valence-corrected chi connectivity index (χ4v) is 3.31. The van der Waals surface area contributed by atoms with Gasteiger partial charge in [-0.15, -0.1) is 11.6 Å². The van der Waals surface area contributed by atoms with Crippen molar-refractivity contribution in [1.82, 2.24) is 9.55 Å². The summed E-state index contributed by atoms with van der Waals surface area (Å²) in [7, 11) is 0. The van der Waals surface area contributed by atoms with Gasteiger partial charge in [0.05, 0.1) is 22.5 Å². The van der Waals surface area contributed by atoms with Gasteiger partial charge in [-0.3, -0.25) is 0 Å². The fourth-order valence-electron chi connectivity index (χ4n) is 2.41. The van der Waals surface area contributed by atoms with Gasteiger partial charge in [0.1, 0.15) is 5.82 Å². The summed E-state index contributed by atoms with van der Waals surface area (Å²) in [6.07, 6.45) is 0. The molecule has 2 aromatic heterocycles. The van der Waals surface area contributed by atoms with Crippen LogP contribution in [0.5, 0.6) is 0 Å². The summed E-state index contributed by atoms with van der Waals surface area (Å²) in [5, 5.41) is 4.19. The first-order valence-corrected chi connectivity index (χ1v) is 7.69. The highest BCUT2D eigenvalue weighted by Crippen LogP contribution is 2.31. The fraction of sp³-hybridized carbons (Fsp3) is 0.267.